The second-order valence-corrected chi connectivity index (χ2v) is 4.38. The number of carbonyl (C=O) groups excluding carboxylic acids is 2. The van der Waals surface area contributed by atoms with Gasteiger partial charge in [0, 0.05) is 0 Å². The number of rotatable bonds is 8. The van der Waals surface area contributed by atoms with Crippen LogP contribution in [0.25, 0.3) is 0 Å². The average molecular weight is 238 g/mol. The van der Waals surface area contributed by atoms with E-state index in [1.807, 2.05) is 13.0 Å². The van der Waals surface area contributed by atoms with E-state index < -0.39 is 5.97 Å². The first-order valence-corrected chi connectivity index (χ1v) is 5.89. The lowest BCUT2D eigenvalue weighted by Crippen LogP contribution is -2.10. The monoisotopic (exact) mass is 238 g/mol. The Bertz CT molecular complexity index is 303. The number of Topliss-reactive ketones (excluding diaryl/α,β-unsaturated/α-hetero) is 1. The second-order valence-electron chi connectivity index (χ2n) is 4.38. The number of hydrogen-bond donors (Lipinski definition) is 0. The molecule has 96 valence electrons. The number of ether oxygens (including phenoxy) is 1. The molecule has 3 heteroatoms. The highest BCUT2D eigenvalue weighted by atomic mass is 16.5. The minimum atomic E-state index is -0.454. The molecule has 1 atom stereocenters. The number of hydrogen-bond acceptors (Lipinski definition) is 3. The van der Waals surface area contributed by atoms with Crippen LogP contribution in [0.4, 0.5) is 0 Å². The van der Waals surface area contributed by atoms with Crippen molar-refractivity contribution < 1.29 is 14.3 Å². The van der Waals surface area contributed by atoms with Gasteiger partial charge < -0.3 is 4.74 Å². The van der Waals surface area contributed by atoms with Gasteiger partial charge in [0.2, 0.25) is 0 Å². The zero-order valence-corrected chi connectivity index (χ0v) is 11.0. The largest absolute Gasteiger partial charge is 0.461 e. The Morgan fingerprint density at radius 1 is 1.35 bits per heavy atom. The molecule has 0 fully saturated rings. The third-order valence-corrected chi connectivity index (χ3v) is 2.37. The smallest absolute Gasteiger partial charge is 0.313 e. The molecule has 0 spiro atoms. The molecule has 0 aliphatic rings. The Kier molecular flexibility index (Phi) is 8.03. The zero-order valence-electron chi connectivity index (χ0n) is 11.0. The van der Waals surface area contributed by atoms with Crippen LogP contribution >= 0.6 is 0 Å². The van der Waals surface area contributed by atoms with Gasteiger partial charge in [-0.1, -0.05) is 19.1 Å². The summed E-state index contributed by atoms with van der Waals surface area (Å²) in [5.41, 5.74) is 1.01. The molecule has 0 rings (SSSR count). The van der Waals surface area contributed by atoms with Crippen LogP contribution < -0.4 is 0 Å². The van der Waals surface area contributed by atoms with Gasteiger partial charge in [-0.25, -0.2) is 0 Å². The molecule has 0 aliphatic carbocycles. The van der Waals surface area contributed by atoms with Crippen molar-refractivity contribution in [3.05, 3.63) is 24.3 Å². The van der Waals surface area contributed by atoms with E-state index in [1.165, 1.54) is 6.92 Å². The van der Waals surface area contributed by atoms with Crippen LogP contribution in [0.15, 0.2) is 24.3 Å². The van der Waals surface area contributed by atoms with Crippen LogP contribution in [-0.4, -0.2) is 18.4 Å². The summed E-state index contributed by atoms with van der Waals surface area (Å²) in [6.45, 7) is 9.40. The van der Waals surface area contributed by atoms with Gasteiger partial charge in [0.1, 0.15) is 18.8 Å². The van der Waals surface area contributed by atoms with Crippen molar-refractivity contribution in [2.24, 2.45) is 5.92 Å². The van der Waals surface area contributed by atoms with Gasteiger partial charge in [0.15, 0.2) is 0 Å². The molecular weight excluding hydrogens is 216 g/mol. The Hall–Kier alpha value is -1.38. The van der Waals surface area contributed by atoms with Crippen molar-refractivity contribution in [2.45, 2.75) is 40.0 Å². The molecule has 0 bridgehead atoms. The van der Waals surface area contributed by atoms with E-state index in [-0.39, 0.29) is 18.8 Å². The first kappa shape index (κ1) is 15.6. The molecule has 0 aromatic heterocycles. The number of esters is 1. The van der Waals surface area contributed by atoms with E-state index in [9.17, 15) is 9.59 Å². The summed E-state index contributed by atoms with van der Waals surface area (Å²) in [7, 11) is 0. The van der Waals surface area contributed by atoms with E-state index in [4.69, 9.17) is 4.74 Å². The highest BCUT2D eigenvalue weighted by Crippen LogP contribution is 2.08. The molecule has 0 aromatic rings. The third kappa shape index (κ3) is 9.54. The first-order valence-electron chi connectivity index (χ1n) is 5.89. The van der Waals surface area contributed by atoms with Crippen LogP contribution in [0.1, 0.15) is 40.0 Å². The summed E-state index contributed by atoms with van der Waals surface area (Å²) in [4.78, 5) is 21.8. The Morgan fingerprint density at radius 2 is 2.00 bits per heavy atom. The fourth-order valence-electron chi connectivity index (χ4n) is 1.22. The molecule has 1 unspecified atom stereocenters. The number of ketones is 1. The van der Waals surface area contributed by atoms with Crippen LogP contribution in [0.5, 0.6) is 0 Å². The van der Waals surface area contributed by atoms with E-state index in [0.29, 0.717) is 5.92 Å². The second kappa shape index (κ2) is 8.74. The summed E-state index contributed by atoms with van der Waals surface area (Å²) in [6.07, 6.45) is 5.84. The van der Waals surface area contributed by atoms with E-state index in [0.717, 1.165) is 18.4 Å². The van der Waals surface area contributed by atoms with Gasteiger partial charge >= 0.3 is 5.97 Å². The van der Waals surface area contributed by atoms with Crippen molar-refractivity contribution in [1.29, 1.82) is 0 Å². The molecule has 0 saturated heterocycles. The molecule has 0 aromatic carbocycles. The van der Waals surface area contributed by atoms with Crippen LogP contribution in [0.3, 0.4) is 0 Å². The summed E-state index contributed by atoms with van der Waals surface area (Å²) in [5, 5.41) is 0. The number of allylic oxidation sites excluding steroid dienone is 2. The maximum absolute atomic E-state index is 11.1. The van der Waals surface area contributed by atoms with Gasteiger partial charge in [-0.3, -0.25) is 9.59 Å². The molecule has 0 radical (unpaired) electrons. The van der Waals surface area contributed by atoms with E-state index >= 15 is 0 Å². The van der Waals surface area contributed by atoms with Gasteiger partial charge in [0.05, 0.1) is 0 Å². The fraction of sp³-hybridized carbons (Fsp3) is 0.571. The minimum Gasteiger partial charge on any atom is -0.461 e. The molecular formula is C14H22O3. The van der Waals surface area contributed by atoms with Crippen LogP contribution in [-0.2, 0) is 14.3 Å². The van der Waals surface area contributed by atoms with Crippen LogP contribution in [0.2, 0.25) is 0 Å². The predicted molar refractivity (Wildman–Crippen MR) is 68.6 cm³/mol. The van der Waals surface area contributed by atoms with Gasteiger partial charge in [-0.05, 0) is 38.2 Å². The van der Waals surface area contributed by atoms with Crippen molar-refractivity contribution >= 4 is 11.8 Å². The maximum atomic E-state index is 11.1. The third-order valence-electron chi connectivity index (χ3n) is 2.37. The lowest BCUT2D eigenvalue weighted by Gasteiger charge is -2.05. The summed E-state index contributed by atoms with van der Waals surface area (Å²) < 4.78 is 4.95. The quantitative estimate of drug-likeness (QED) is 0.371. The topological polar surface area (TPSA) is 43.4 Å². The highest BCUT2D eigenvalue weighted by Gasteiger charge is 2.06. The van der Waals surface area contributed by atoms with Gasteiger partial charge in [-0.2, -0.15) is 0 Å². The van der Waals surface area contributed by atoms with Crippen molar-refractivity contribution in [1.82, 2.24) is 0 Å². The molecule has 0 N–H and O–H groups in total. The first-order chi connectivity index (χ1) is 7.95. The van der Waals surface area contributed by atoms with Gasteiger partial charge in [0.25, 0.3) is 0 Å². The van der Waals surface area contributed by atoms with Crippen molar-refractivity contribution in [3.63, 3.8) is 0 Å². The molecule has 3 nitrogen and oxygen atoms in total. The SMILES string of the molecule is C=CC(C)CCC=C(C)COC(=O)CC(C)=O. The standard InChI is InChI=1S/C14H22O3/c1-5-11(2)7-6-8-12(3)10-17-14(16)9-13(4)15/h5,8,11H,1,6-7,9-10H2,2-4H3. The molecule has 17 heavy (non-hydrogen) atoms. The molecule has 0 saturated carbocycles. The lowest BCUT2D eigenvalue weighted by molar-refractivity contribution is -0.144. The summed E-state index contributed by atoms with van der Waals surface area (Å²) >= 11 is 0. The molecule has 0 amide bonds. The Balaban J connectivity index is 3.81. The minimum absolute atomic E-state index is 0.138. The van der Waals surface area contributed by atoms with Crippen molar-refractivity contribution in [3.8, 4) is 0 Å². The lowest BCUT2D eigenvalue weighted by atomic mass is 10.1. The fourth-order valence-corrected chi connectivity index (χ4v) is 1.22. The summed E-state index contributed by atoms with van der Waals surface area (Å²) in [5.74, 6) is -0.125. The summed E-state index contributed by atoms with van der Waals surface area (Å²) in [6, 6.07) is 0. The molecule has 0 aliphatic heterocycles. The van der Waals surface area contributed by atoms with Crippen molar-refractivity contribution in [2.75, 3.05) is 6.61 Å². The zero-order chi connectivity index (χ0) is 13.3. The normalized spacial score (nSPS) is 13.0. The van der Waals surface area contributed by atoms with Crippen LogP contribution in [0, 0.1) is 5.92 Å². The maximum Gasteiger partial charge on any atom is 0.313 e. The Labute approximate surface area is 104 Å². The molecule has 0 heterocycles. The van der Waals surface area contributed by atoms with E-state index in [2.05, 4.69) is 19.6 Å². The predicted octanol–water partition coefficient (Wildman–Crippen LogP) is 3.06. The van der Waals surface area contributed by atoms with Gasteiger partial charge in [-0.15, -0.1) is 6.58 Å². The number of carbonyl (C=O) groups is 2. The average Bonchev–Trinajstić information content (AvgIpc) is 2.25. The highest BCUT2D eigenvalue weighted by molar-refractivity contribution is 5.94. The van der Waals surface area contributed by atoms with E-state index in [1.54, 1.807) is 0 Å². The Morgan fingerprint density at radius 3 is 2.53 bits per heavy atom.